The van der Waals surface area contributed by atoms with Gasteiger partial charge in [-0.3, -0.25) is 4.79 Å². The molecule has 19 nitrogen and oxygen atoms in total. The lowest BCUT2D eigenvalue weighted by Crippen LogP contribution is -2.66. The van der Waals surface area contributed by atoms with Crippen LogP contribution in [0.1, 0.15) is 258 Å². The van der Waals surface area contributed by atoms with Gasteiger partial charge in [0.25, 0.3) is 0 Å². The van der Waals surface area contributed by atoms with E-state index in [-0.39, 0.29) is 18.9 Å². The number of aliphatic hydroxyl groups excluding tert-OH is 11. The molecule has 0 radical (unpaired) electrons. The second-order valence-corrected chi connectivity index (χ2v) is 25.7. The van der Waals surface area contributed by atoms with Crippen LogP contribution in [0.15, 0.2) is 60.8 Å². The predicted molar refractivity (Wildman–Crippen MR) is 355 cm³/mol. The summed E-state index contributed by atoms with van der Waals surface area (Å²) in [7, 11) is 0. The number of hydrogen-bond donors (Lipinski definition) is 12. The van der Waals surface area contributed by atoms with Crippen molar-refractivity contribution in [3.05, 3.63) is 60.8 Å². The fourth-order valence-electron chi connectivity index (χ4n) is 12.0. The lowest BCUT2D eigenvalue weighted by Gasteiger charge is -2.48. The van der Waals surface area contributed by atoms with Crippen molar-refractivity contribution < 1.29 is 89.4 Å². The molecule has 3 heterocycles. The van der Waals surface area contributed by atoms with E-state index in [1.807, 2.05) is 0 Å². The number of nitrogens with one attached hydrogen (secondary N) is 1. The number of aliphatic hydroxyl groups is 11. The van der Waals surface area contributed by atoms with Gasteiger partial charge in [0, 0.05) is 6.42 Å². The number of rotatable bonds is 55. The van der Waals surface area contributed by atoms with Gasteiger partial charge in [0.2, 0.25) is 5.91 Å². The number of allylic oxidation sites excluding steroid dienone is 10. The molecule has 0 aromatic rings. The number of hydrogen-bond acceptors (Lipinski definition) is 18. The number of carbonyl (C=O) groups is 1. The molecular weight excluding hydrogens is 1170 g/mol. The molecule has 17 unspecified atom stereocenters. The average molecular weight is 1300 g/mol. The number of ether oxygens (including phenoxy) is 6. The monoisotopic (exact) mass is 1300 g/mol. The molecule has 0 aromatic heterocycles. The largest absolute Gasteiger partial charge is 0.394 e. The summed E-state index contributed by atoms with van der Waals surface area (Å²) >= 11 is 0. The summed E-state index contributed by atoms with van der Waals surface area (Å²) in [6.07, 6.45) is 39.0. The SMILES string of the molecule is CC/C=C\C/C=C\C/C=C\C/C=C\C/C=C\CCCCCCCCCCCCCCCCCCCCCC(=O)NC(COC1OC(CO)C(OC2OC(CO)C(OC3OC(CO)C(O)C(O)C3O)C(O)C2O)C(O)C1O)C(O)CCCCCCCCCCCCC. The summed E-state index contributed by atoms with van der Waals surface area (Å²) in [5.41, 5.74) is 0. The van der Waals surface area contributed by atoms with Crippen molar-refractivity contribution in [2.24, 2.45) is 0 Å². The van der Waals surface area contributed by atoms with Gasteiger partial charge >= 0.3 is 0 Å². The Balaban J connectivity index is 1.31. The van der Waals surface area contributed by atoms with Crippen molar-refractivity contribution in [1.82, 2.24) is 5.32 Å². The predicted octanol–water partition coefficient (Wildman–Crippen LogP) is 9.94. The Morgan fingerprint density at radius 1 is 0.407 bits per heavy atom. The normalized spacial score (nSPS) is 28.2. The molecule has 0 aromatic carbocycles. The molecule has 12 N–H and O–H groups in total. The molecule has 3 rings (SSSR count). The van der Waals surface area contributed by atoms with Crippen molar-refractivity contribution in [2.75, 3.05) is 26.4 Å². The molecule has 0 saturated carbocycles. The van der Waals surface area contributed by atoms with Gasteiger partial charge in [-0.2, -0.15) is 0 Å². The second kappa shape index (κ2) is 53.6. The highest BCUT2D eigenvalue weighted by atomic mass is 16.8. The van der Waals surface area contributed by atoms with Crippen LogP contribution in [0.5, 0.6) is 0 Å². The summed E-state index contributed by atoms with van der Waals surface area (Å²) in [6, 6.07) is -0.886. The molecule has 3 fully saturated rings. The zero-order valence-electron chi connectivity index (χ0n) is 56.1. The minimum atomic E-state index is -1.97. The van der Waals surface area contributed by atoms with Crippen LogP contribution in [0.3, 0.4) is 0 Å². The smallest absolute Gasteiger partial charge is 0.220 e. The Labute approximate surface area is 547 Å². The van der Waals surface area contributed by atoms with Crippen LogP contribution in [0.2, 0.25) is 0 Å². The molecule has 1 amide bonds. The van der Waals surface area contributed by atoms with E-state index in [4.69, 9.17) is 28.4 Å². The fourth-order valence-corrected chi connectivity index (χ4v) is 12.0. The van der Waals surface area contributed by atoms with Crippen LogP contribution >= 0.6 is 0 Å². The van der Waals surface area contributed by atoms with Crippen molar-refractivity contribution in [1.29, 1.82) is 0 Å². The first-order valence-corrected chi connectivity index (χ1v) is 36.0. The Morgan fingerprint density at radius 2 is 0.758 bits per heavy atom. The minimum absolute atomic E-state index is 0.243. The zero-order chi connectivity index (χ0) is 66.1. The number of unbranched alkanes of at least 4 members (excludes halogenated alkanes) is 29. The molecule has 3 aliphatic heterocycles. The maximum atomic E-state index is 13.4. The summed E-state index contributed by atoms with van der Waals surface area (Å²) < 4.78 is 34.4. The zero-order valence-corrected chi connectivity index (χ0v) is 56.1. The molecular formula is C72H129NO18. The first-order chi connectivity index (χ1) is 44.3. The molecule has 17 atom stereocenters. The van der Waals surface area contributed by atoms with Gasteiger partial charge in [-0.15, -0.1) is 0 Å². The van der Waals surface area contributed by atoms with Gasteiger partial charge < -0.3 is 89.9 Å². The van der Waals surface area contributed by atoms with Gasteiger partial charge in [-0.1, -0.05) is 254 Å². The van der Waals surface area contributed by atoms with E-state index in [0.29, 0.717) is 12.8 Å². The molecule has 0 aliphatic carbocycles. The third kappa shape index (κ3) is 35.4. The molecule has 0 bridgehead atoms. The Hall–Kier alpha value is -2.51. The lowest BCUT2D eigenvalue weighted by atomic mass is 9.96. The highest BCUT2D eigenvalue weighted by Crippen LogP contribution is 2.33. The maximum absolute atomic E-state index is 13.4. The molecule has 530 valence electrons. The Kier molecular flexibility index (Phi) is 48.7. The van der Waals surface area contributed by atoms with E-state index in [1.54, 1.807) is 0 Å². The molecule has 91 heavy (non-hydrogen) atoms. The quantitative estimate of drug-likeness (QED) is 0.0199. The summed E-state index contributed by atoms with van der Waals surface area (Å²) in [5, 5.41) is 120. The van der Waals surface area contributed by atoms with Crippen molar-refractivity contribution in [2.45, 2.75) is 362 Å². The van der Waals surface area contributed by atoms with Crippen LogP contribution < -0.4 is 5.32 Å². The van der Waals surface area contributed by atoms with Crippen molar-refractivity contribution in [3.63, 3.8) is 0 Å². The summed E-state index contributed by atoms with van der Waals surface area (Å²) in [6.45, 7) is 1.67. The van der Waals surface area contributed by atoms with Crippen LogP contribution in [-0.2, 0) is 33.2 Å². The topological polar surface area (TPSA) is 307 Å². The van der Waals surface area contributed by atoms with Gasteiger partial charge in [-0.05, 0) is 57.8 Å². The standard InChI is InChI=1S/C72H129NO18/c1-3-5-7-9-11-13-15-16-17-18-19-20-21-22-23-24-25-26-27-28-29-30-31-32-33-34-35-36-37-38-40-42-44-46-48-50-60(78)73-55(56(77)49-47-45-43-41-39-14-12-10-8-6-4-2)54-86-70-66(84)63(81)68(58(52-75)88-70)91-72-67(85)64(82)69(59(53-76)89-72)90-71-65(83)62(80)61(79)57(51-74)87-71/h5,7,11,13,16-17,19-20,22-23,55-59,61-72,74-77,79-85H,3-4,6,8-10,12,14-15,18,21,24-54H2,1-2H3,(H,73,78)/b7-5-,13-11-,17-16-,20-19-,23-22-. The van der Waals surface area contributed by atoms with E-state index in [1.165, 1.54) is 148 Å². The lowest BCUT2D eigenvalue weighted by molar-refractivity contribution is -0.379. The molecule has 0 spiro atoms. The highest BCUT2D eigenvalue weighted by molar-refractivity contribution is 5.76. The summed E-state index contributed by atoms with van der Waals surface area (Å²) in [4.78, 5) is 13.4. The highest BCUT2D eigenvalue weighted by Gasteiger charge is 2.53. The second-order valence-electron chi connectivity index (χ2n) is 25.7. The molecule has 3 saturated heterocycles. The van der Waals surface area contributed by atoms with Crippen LogP contribution in [0.25, 0.3) is 0 Å². The number of amides is 1. The molecule has 3 aliphatic rings. The molecule has 19 heteroatoms. The third-order valence-electron chi connectivity index (χ3n) is 17.9. The van der Waals surface area contributed by atoms with Crippen LogP contribution in [-0.4, -0.2) is 193 Å². The van der Waals surface area contributed by atoms with E-state index < -0.39 is 124 Å². The van der Waals surface area contributed by atoms with Crippen LogP contribution in [0.4, 0.5) is 0 Å². The first-order valence-electron chi connectivity index (χ1n) is 36.0. The fraction of sp³-hybridized carbons (Fsp3) is 0.847. The summed E-state index contributed by atoms with van der Waals surface area (Å²) in [5.74, 6) is -0.243. The van der Waals surface area contributed by atoms with Gasteiger partial charge in [0.15, 0.2) is 18.9 Å². The average Bonchev–Trinajstić information content (AvgIpc) is 1.05. The minimum Gasteiger partial charge on any atom is -0.394 e. The number of carbonyl (C=O) groups excluding carboxylic acids is 1. The van der Waals surface area contributed by atoms with Gasteiger partial charge in [0.05, 0.1) is 38.6 Å². The van der Waals surface area contributed by atoms with E-state index in [2.05, 4.69) is 79.9 Å². The van der Waals surface area contributed by atoms with Gasteiger partial charge in [0.1, 0.15) is 73.2 Å². The third-order valence-corrected chi connectivity index (χ3v) is 17.9. The van der Waals surface area contributed by atoms with Crippen molar-refractivity contribution in [3.8, 4) is 0 Å². The maximum Gasteiger partial charge on any atom is 0.220 e. The van der Waals surface area contributed by atoms with E-state index in [9.17, 15) is 61.0 Å². The van der Waals surface area contributed by atoms with E-state index in [0.717, 1.165) is 77.0 Å². The Bertz CT molecular complexity index is 1890. The first kappa shape index (κ1) is 82.7. The Morgan fingerprint density at radius 3 is 1.19 bits per heavy atom. The van der Waals surface area contributed by atoms with Crippen LogP contribution in [0, 0.1) is 0 Å². The van der Waals surface area contributed by atoms with E-state index >= 15 is 0 Å². The van der Waals surface area contributed by atoms with Gasteiger partial charge in [-0.25, -0.2) is 0 Å². The van der Waals surface area contributed by atoms with Crippen molar-refractivity contribution >= 4 is 5.91 Å².